The predicted octanol–water partition coefficient (Wildman–Crippen LogP) is 15.8. The van der Waals surface area contributed by atoms with E-state index in [1.54, 1.807) is 96.6 Å². The summed E-state index contributed by atoms with van der Waals surface area (Å²) in [4.78, 5) is 59.3. The lowest BCUT2D eigenvalue weighted by Crippen LogP contribution is -2.28. The molecule has 144 heavy (non-hydrogen) atoms. The van der Waals surface area contributed by atoms with Gasteiger partial charge in [-0.25, -0.2) is 54.8 Å². The normalized spacial score (nSPS) is 14.6. The SMILES string of the molecule is CCn1cc(Oc2nc(-c3cc4c(c(NC)c3)CCN(C)C4)cnc2N)cn1.CCn1cc(Oc2nc(-c3cc4c(c(OC)c3)CCN(C)C4)cnc2N)cn1.CN1CCc2c(cc(-c3cnc(N)c(OCc4ccnc(N)c4)n3)cc2C(F)(F)F)C1.Cc1cc(-c2cnc(N)c(Oc3cnn(C(C)C)c3)n2)cc2c1CCN(C)C2.Cc1cc(-c2cnc(N)c(Oc3cnn(CC4CC4)c3)n2)cc2c1CCN(C)C2. The Morgan fingerprint density at radius 3 is 1.18 bits per heavy atom. The van der Waals surface area contributed by atoms with Crippen molar-refractivity contribution in [2.75, 3.05) is 122 Å². The van der Waals surface area contributed by atoms with Crippen LogP contribution in [0.1, 0.15) is 124 Å². The van der Waals surface area contributed by atoms with Gasteiger partial charge in [0.15, 0.2) is 52.1 Å². The Kier molecular flexibility index (Phi) is 30.5. The van der Waals surface area contributed by atoms with Gasteiger partial charge in [0.2, 0.25) is 0 Å². The van der Waals surface area contributed by atoms with Gasteiger partial charge in [-0.15, -0.1) is 0 Å². The fraction of sp³-hybridized carbons (Fsp3) is 0.356. The number of anilines is 7. The van der Waals surface area contributed by atoms with Crippen LogP contribution in [0.3, 0.4) is 0 Å². The minimum absolute atomic E-state index is 0.0382. The van der Waals surface area contributed by atoms with Crippen molar-refractivity contribution in [2.45, 2.75) is 158 Å². The van der Waals surface area contributed by atoms with Gasteiger partial charge >= 0.3 is 6.18 Å². The van der Waals surface area contributed by atoms with Crippen molar-refractivity contribution >= 4 is 40.6 Å². The van der Waals surface area contributed by atoms with Crippen molar-refractivity contribution in [1.29, 1.82) is 0 Å². The maximum Gasteiger partial charge on any atom is 0.416 e. The van der Waals surface area contributed by atoms with Crippen LogP contribution in [0.15, 0.2) is 160 Å². The highest BCUT2D eigenvalue weighted by atomic mass is 19.4. The maximum atomic E-state index is 13.7. The fourth-order valence-corrected chi connectivity index (χ4v) is 18.1. The van der Waals surface area contributed by atoms with Crippen molar-refractivity contribution in [3.63, 3.8) is 0 Å². The number of nitrogen functional groups attached to an aromatic ring is 6. The summed E-state index contributed by atoms with van der Waals surface area (Å²) in [6.45, 7) is 24.0. The Balaban J connectivity index is 0.000000124. The summed E-state index contributed by atoms with van der Waals surface area (Å²) >= 11 is 0. The number of hydrogen-bond acceptors (Lipinski definition) is 33. The van der Waals surface area contributed by atoms with Gasteiger partial charge in [0.05, 0.1) is 122 Å². The molecule has 1 fully saturated rings. The number of likely N-dealkylation sites (N-methyl/N-ethyl adjacent to an activating group) is 5. The molecule has 0 spiro atoms. The predicted molar refractivity (Wildman–Crippen MR) is 547 cm³/mol. The number of nitrogens with two attached hydrogens (primary N) is 6. The van der Waals surface area contributed by atoms with Crippen molar-refractivity contribution in [1.82, 2.24) is 118 Å². The van der Waals surface area contributed by atoms with Gasteiger partial charge in [0.25, 0.3) is 29.4 Å². The molecule has 5 aromatic carbocycles. The van der Waals surface area contributed by atoms with Crippen LogP contribution in [0.4, 0.5) is 53.8 Å². The van der Waals surface area contributed by atoms with Crippen LogP contribution < -0.4 is 68.1 Å². The van der Waals surface area contributed by atoms with Gasteiger partial charge < -0.3 is 92.6 Å². The second-order valence-electron chi connectivity index (χ2n) is 37.4. The Labute approximate surface area is 833 Å². The summed E-state index contributed by atoms with van der Waals surface area (Å²) in [5.41, 5.74) is 58.6. The van der Waals surface area contributed by atoms with Crippen molar-refractivity contribution < 1.29 is 41.6 Å². The molecule has 0 saturated heterocycles. The molecule has 5 aliphatic heterocycles. The number of benzene rings is 5. The summed E-state index contributed by atoms with van der Waals surface area (Å²) in [6.07, 6.45) is 26.3. The second kappa shape index (κ2) is 43.9. The van der Waals surface area contributed by atoms with Crippen molar-refractivity contribution in [2.24, 2.45) is 5.92 Å². The third kappa shape index (κ3) is 24.3. The number of rotatable bonds is 23. The van der Waals surface area contributed by atoms with Gasteiger partial charge in [-0.2, -0.15) is 33.6 Å². The first-order chi connectivity index (χ1) is 69.3. The number of halogens is 3. The molecule has 6 aliphatic rings. The highest BCUT2D eigenvalue weighted by Gasteiger charge is 2.37. The van der Waals surface area contributed by atoms with Crippen LogP contribution in [0.25, 0.3) is 56.3 Å². The van der Waals surface area contributed by atoms with Crippen LogP contribution >= 0.6 is 0 Å². The van der Waals surface area contributed by atoms with E-state index in [4.69, 9.17) is 62.8 Å². The first kappa shape index (κ1) is 100. The third-order valence-electron chi connectivity index (χ3n) is 25.9. The van der Waals surface area contributed by atoms with Crippen LogP contribution in [0, 0.1) is 19.8 Å². The number of nitrogens with one attached hydrogen (secondary N) is 1. The number of pyridine rings is 1. The topological polar surface area (TPSA) is 453 Å². The number of aromatic nitrogens is 19. The number of aryl methyl sites for hydroxylation is 4. The third-order valence-corrected chi connectivity index (χ3v) is 25.9. The Hall–Kier alpha value is -15.5. The summed E-state index contributed by atoms with van der Waals surface area (Å²) in [6, 6.07) is 23.7. The largest absolute Gasteiger partial charge is 0.496 e. The molecule has 37 nitrogen and oxygen atoms in total. The molecular formula is C104H122F3N31O6. The number of fused-ring (bicyclic) bond motifs is 5. The molecule has 0 radical (unpaired) electrons. The van der Waals surface area contributed by atoms with Crippen LogP contribution in [0.2, 0.25) is 0 Å². The van der Waals surface area contributed by atoms with Crippen molar-refractivity contribution in [3.8, 4) is 114 Å². The molecule has 0 bridgehead atoms. The molecule has 0 atom stereocenters. The van der Waals surface area contributed by atoms with E-state index in [-0.39, 0.29) is 65.1 Å². The zero-order valence-electron chi connectivity index (χ0n) is 83.3. The highest BCUT2D eigenvalue weighted by Crippen LogP contribution is 2.43. The van der Waals surface area contributed by atoms with Gasteiger partial charge in [0, 0.05) is 138 Å². The number of methoxy groups -OCH3 is 1. The van der Waals surface area contributed by atoms with E-state index in [2.05, 4.69) is 198 Å². The monoisotopic (exact) mass is 1960 g/mol. The van der Waals surface area contributed by atoms with E-state index in [0.717, 1.165) is 166 Å². The van der Waals surface area contributed by atoms with Crippen LogP contribution in [0.5, 0.6) is 58.1 Å². The van der Waals surface area contributed by atoms with E-state index in [0.29, 0.717) is 82.5 Å². The average molecular weight is 1960 g/mol. The number of ether oxygens (including phenoxy) is 6. The van der Waals surface area contributed by atoms with Crippen molar-refractivity contribution in [3.05, 3.63) is 237 Å². The smallest absolute Gasteiger partial charge is 0.416 e. The van der Waals surface area contributed by atoms with Gasteiger partial charge in [-0.1, -0.05) is 0 Å². The minimum Gasteiger partial charge on any atom is -0.496 e. The summed E-state index contributed by atoms with van der Waals surface area (Å²) < 4.78 is 83.3. The van der Waals surface area contributed by atoms with E-state index in [1.165, 1.54) is 74.7 Å². The van der Waals surface area contributed by atoms with E-state index >= 15 is 0 Å². The summed E-state index contributed by atoms with van der Waals surface area (Å²) in [5.74, 6) is 6.63. The zero-order chi connectivity index (χ0) is 101. The Bertz CT molecular complexity index is 6960. The highest BCUT2D eigenvalue weighted by molar-refractivity contribution is 5.73. The van der Waals surface area contributed by atoms with Gasteiger partial charge in [-0.3, -0.25) is 18.7 Å². The standard InChI is InChI=1S/C22H26N6O.C21H21F3N6O.C21H26N6O.C20H25N7O.C20H24N6O2/c1-14-7-16(8-17-12-27(2)6-5-19(14)17)20-10-24-21(23)22(26-20)29-18-9-25-28(13-18)11-15-3-4-15;1-30-5-3-15-14(10-30)7-13(8-16(15)21(22,23)24)17-9-28-19(26)20(29-17)31-11-12-2-4-27-18(25)6-12;1-13(2)27-12-17(9-24-27)28-21-20(22)23-10-19(25-21)15-7-14(3)18-5-6-26(4)11-16(18)8-15;1-4-27-12-15(9-24-27)28-20-19(21)23-10-18(25-20)13-7-14-11-26(3)6-5-16(14)17(8-13)22-2;1-4-26-12-15(9-23-26)28-20-19(21)22-10-17(24-20)13-7-14-11-25(2)6-5-16(14)18(8-13)27-3/h7-10,13,15H,3-6,11-12H2,1-2H3,(H2,23,24);2,4,6-9H,3,5,10-11H2,1H3,(H2,25,27)(H2,26,28);7-10,12-13H,5-6,11H2,1-4H3,(H2,22,23);7-10,12,22H,4-6,11H2,1-3H3,(H2,21,23);7-10,12H,4-6,11H2,1-3H3,(H2,21,22). The number of nitrogens with zero attached hydrogens (tertiary/aromatic N) is 24. The first-order valence-corrected chi connectivity index (χ1v) is 48.0. The first-order valence-electron chi connectivity index (χ1n) is 48.0. The number of hydrogen-bond donors (Lipinski definition) is 7. The van der Waals surface area contributed by atoms with E-state index in [1.807, 2.05) is 66.9 Å². The molecule has 0 unspecified atom stereocenters. The molecule has 15 aromatic rings. The number of alkyl halides is 3. The van der Waals surface area contributed by atoms with E-state index in [9.17, 15) is 13.2 Å². The van der Waals surface area contributed by atoms with E-state index < -0.39 is 11.7 Å². The molecule has 10 aromatic heterocycles. The second-order valence-corrected chi connectivity index (χ2v) is 37.4. The maximum absolute atomic E-state index is 13.7. The molecule has 15 heterocycles. The lowest BCUT2D eigenvalue weighted by Gasteiger charge is -2.28. The lowest BCUT2D eigenvalue weighted by molar-refractivity contribution is -0.138. The van der Waals surface area contributed by atoms with Gasteiger partial charge in [-0.05, 0) is 273 Å². The van der Waals surface area contributed by atoms with Crippen LogP contribution in [-0.4, -0.2) is 201 Å². The minimum atomic E-state index is -4.46. The summed E-state index contributed by atoms with van der Waals surface area (Å²) in [5, 5.41) is 20.4. The Morgan fingerprint density at radius 1 is 0.417 bits per heavy atom. The molecule has 1 saturated carbocycles. The average Bonchev–Trinajstić information content (AvgIpc) is 1.35. The molecule has 21 rings (SSSR count). The molecule has 750 valence electrons. The molecule has 40 heteroatoms. The molecule has 0 amide bonds. The lowest BCUT2D eigenvalue weighted by atomic mass is 9.91. The quantitative estimate of drug-likeness (QED) is 0.0313. The molecule has 1 aliphatic carbocycles. The zero-order valence-corrected chi connectivity index (χ0v) is 83.3. The van der Waals surface area contributed by atoms with Crippen LogP contribution in [-0.2, 0) is 97.2 Å². The molecule has 13 N–H and O–H groups in total. The summed E-state index contributed by atoms with van der Waals surface area (Å²) in [7, 11) is 14.1. The fourth-order valence-electron chi connectivity index (χ4n) is 18.1. The Morgan fingerprint density at radius 2 is 0.778 bits per heavy atom. The van der Waals surface area contributed by atoms with Gasteiger partial charge in [0.1, 0.15) is 18.2 Å². The molecular weight excluding hydrogens is 1840 g/mol.